The third-order valence-electron chi connectivity index (χ3n) is 4.15. The van der Waals surface area contributed by atoms with Crippen molar-refractivity contribution in [1.29, 1.82) is 0 Å². The number of hydrogen-bond acceptors (Lipinski definition) is 6. The van der Waals surface area contributed by atoms with E-state index in [4.69, 9.17) is 12.2 Å². The van der Waals surface area contributed by atoms with Gasteiger partial charge in [0.25, 0.3) is 11.8 Å². The highest BCUT2D eigenvalue weighted by Crippen LogP contribution is 2.32. The van der Waals surface area contributed by atoms with Crippen LogP contribution >= 0.6 is 24.0 Å². The van der Waals surface area contributed by atoms with Crippen LogP contribution in [0, 0.1) is 5.82 Å². The van der Waals surface area contributed by atoms with Crippen LogP contribution in [-0.4, -0.2) is 70.7 Å². The summed E-state index contributed by atoms with van der Waals surface area (Å²) in [7, 11) is 2.03. The highest BCUT2D eigenvalue weighted by atomic mass is 32.2. The van der Waals surface area contributed by atoms with Crippen molar-refractivity contribution < 1.29 is 14.0 Å². The summed E-state index contributed by atoms with van der Waals surface area (Å²) in [6.07, 6.45) is 1.47. The average Bonchev–Trinajstić information content (AvgIpc) is 2.86. The van der Waals surface area contributed by atoms with Crippen molar-refractivity contribution in [2.24, 2.45) is 0 Å². The molecule has 2 saturated heterocycles. The zero-order valence-corrected chi connectivity index (χ0v) is 15.9. The summed E-state index contributed by atoms with van der Waals surface area (Å²) in [5, 5.41) is 1.84. The summed E-state index contributed by atoms with van der Waals surface area (Å²) in [6, 6.07) is 6.19. The Morgan fingerprint density at radius 1 is 1.31 bits per heavy atom. The SMILES string of the molecule is CN1CCN(NC(=O)CN2C(=O)/C(=C\c3ccccc3F)SC2=S)CC1. The van der Waals surface area contributed by atoms with Gasteiger partial charge in [-0.1, -0.05) is 42.2 Å². The van der Waals surface area contributed by atoms with Gasteiger partial charge in [0.05, 0.1) is 4.91 Å². The molecule has 2 heterocycles. The Balaban J connectivity index is 1.62. The Morgan fingerprint density at radius 2 is 2.00 bits per heavy atom. The molecule has 1 aromatic carbocycles. The van der Waals surface area contributed by atoms with E-state index < -0.39 is 5.82 Å². The van der Waals surface area contributed by atoms with Crippen LogP contribution in [0.3, 0.4) is 0 Å². The summed E-state index contributed by atoms with van der Waals surface area (Å²) >= 11 is 6.29. The van der Waals surface area contributed by atoms with Gasteiger partial charge >= 0.3 is 0 Å². The van der Waals surface area contributed by atoms with Crippen LogP contribution in [0.5, 0.6) is 0 Å². The number of amides is 2. The van der Waals surface area contributed by atoms with E-state index in [1.54, 1.807) is 18.2 Å². The first-order chi connectivity index (χ1) is 12.4. The maximum absolute atomic E-state index is 13.8. The molecule has 0 unspecified atom stereocenters. The van der Waals surface area contributed by atoms with Crippen LogP contribution in [-0.2, 0) is 9.59 Å². The number of carbonyl (C=O) groups excluding carboxylic acids is 2. The number of nitrogens with one attached hydrogen (secondary N) is 1. The third kappa shape index (κ3) is 4.47. The first-order valence-corrected chi connectivity index (χ1v) is 9.39. The highest BCUT2D eigenvalue weighted by molar-refractivity contribution is 8.26. The third-order valence-corrected chi connectivity index (χ3v) is 5.53. The van der Waals surface area contributed by atoms with Crippen LogP contribution in [0.2, 0.25) is 0 Å². The molecular weight excluding hydrogens is 375 g/mol. The lowest BCUT2D eigenvalue weighted by Crippen LogP contribution is -2.54. The Labute approximate surface area is 161 Å². The van der Waals surface area contributed by atoms with Gasteiger partial charge in [0, 0.05) is 31.7 Å². The van der Waals surface area contributed by atoms with E-state index in [0.717, 1.165) is 37.9 Å². The molecule has 0 spiro atoms. The van der Waals surface area contributed by atoms with Crippen LogP contribution in [0.25, 0.3) is 6.08 Å². The molecule has 6 nitrogen and oxygen atoms in total. The van der Waals surface area contributed by atoms with Crippen LogP contribution < -0.4 is 5.43 Å². The first-order valence-electron chi connectivity index (χ1n) is 8.17. The second kappa shape index (κ2) is 8.26. The maximum atomic E-state index is 13.8. The van der Waals surface area contributed by atoms with Gasteiger partial charge in [-0.2, -0.15) is 0 Å². The number of likely N-dealkylation sites (N-methyl/N-ethyl adjacent to an activating group) is 1. The van der Waals surface area contributed by atoms with E-state index in [1.807, 2.05) is 12.1 Å². The van der Waals surface area contributed by atoms with Crippen molar-refractivity contribution in [2.75, 3.05) is 39.8 Å². The van der Waals surface area contributed by atoms with Gasteiger partial charge in [0.15, 0.2) is 0 Å². The molecule has 0 saturated carbocycles. The number of nitrogens with zero attached hydrogens (tertiary/aromatic N) is 3. The smallest absolute Gasteiger partial charge is 0.266 e. The van der Waals surface area contributed by atoms with E-state index >= 15 is 0 Å². The summed E-state index contributed by atoms with van der Waals surface area (Å²) < 4.78 is 14.1. The molecule has 9 heteroatoms. The fourth-order valence-electron chi connectivity index (χ4n) is 2.64. The van der Waals surface area contributed by atoms with Gasteiger partial charge in [-0.05, 0) is 19.2 Å². The van der Waals surface area contributed by atoms with Gasteiger partial charge < -0.3 is 4.90 Å². The molecule has 26 heavy (non-hydrogen) atoms. The Hall–Kier alpha value is -1.81. The Morgan fingerprint density at radius 3 is 2.69 bits per heavy atom. The van der Waals surface area contributed by atoms with Crippen molar-refractivity contribution in [1.82, 2.24) is 20.2 Å². The number of rotatable bonds is 4. The lowest BCUT2D eigenvalue weighted by molar-refractivity contribution is -0.132. The molecule has 1 N–H and O–H groups in total. The molecule has 2 fully saturated rings. The number of piperazine rings is 1. The fourth-order valence-corrected chi connectivity index (χ4v) is 3.89. The number of hydrogen-bond donors (Lipinski definition) is 1. The molecule has 0 atom stereocenters. The molecule has 3 rings (SSSR count). The molecule has 2 aliphatic rings. The van der Waals surface area contributed by atoms with Crippen molar-refractivity contribution >= 4 is 46.2 Å². The predicted octanol–water partition coefficient (Wildman–Crippen LogP) is 1.31. The summed E-state index contributed by atoms with van der Waals surface area (Å²) in [6.45, 7) is 3.05. The van der Waals surface area contributed by atoms with Gasteiger partial charge in [-0.3, -0.25) is 19.9 Å². The minimum absolute atomic E-state index is 0.147. The van der Waals surface area contributed by atoms with E-state index in [1.165, 1.54) is 17.0 Å². The van der Waals surface area contributed by atoms with Crippen LogP contribution in [0.4, 0.5) is 4.39 Å². The largest absolute Gasteiger partial charge is 0.304 e. The van der Waals surface area contributed by atoms with Gasteiger partial charge in [-0.25, -0.2) is 9.40 Å². The van der Waals surface area contributed by atoms with Crippen molar-refractivity contribution in [2.45, 2.75) is 0 Å². The predicted molar refractivity (Wildman–Crippen MR) is 103 cm³/mol. The molecular formula is C17H19FN4O2S2. The normalized spacial score (nSPS) is 20.8. The maximum Gasteiger partial charge on any atom is 0.266 e. The summed E-state index contributed by atoms with van der Waals surface area (Å²) in [5.41, 5.74) is 3.12. The summed E-state index contributed by atoms with van der Waals surface area (Å²) in [4.78, 5) is 28.5. The fraction of sp³-hybridized carbons (Fsp3) is 0.353. The number of hydrazine groups is 1. The quantitative estimate of drug-likeness (QED) is 0.614. The van der Waals surface area contributed by atoms with Crippen molar-refractivity contribution in [3.8, 4) is 0 Å². The summed E-state index contributed by atoms with van der Waals surface area (Å²) in [5.74, 6) is -1.08. The average molecular weight is 394 g/mol. The number of thiocarbonyl (C=S) groups is 1. The molecule has 2 amide bonds. The number of thioether (sulfide) groups is 1. The van der Waals surface area contributed by atoms with E-state index in [0.29, 0.717) is 14.8 Å². The van der Waals surface area contributed by atoms with Gasteiger partial charge in [0.1, 0.15) is 16.7 Å². The second-order valence-electron chi connectivity index (χ2n) is 6.11. The Bertz CT molecular complexity index is 763. The standard InChI is InChI=1S/C17H19FN4O2S2/c1-20-6-8-21(9-7-20)19-15(23)11-22-16(24)14(26-17(22)25)10-12-4-2-3-5-13(12)18/h2-5,10H,6-9,11H2,1H3,(H,19,23)/b14-10+. The minimum Gasteiger partial charge on any atom is -0.304 e. The topological polar surface area (TPSA) is 55.9 Å². The number of benzene rings is 1. The molecule has 2 aliphatic heterocycles. The van der Waals surface area contributed by atoms with Crippen LogP contribution in [0.15, 0.2) is 29.2 Å². The lowest BCUT2D eigenvalue weighted by Gasteiger charge is -2.32. The van der Waals surface area contributed by atoms with E-state index in [-0.39, 0.29) is 18.4 Å². The Kier molecular flexibility index (Phi) is 6.02. The van der Waals surface area contributed by atoms with Gasteiger partial charge in [0.2, 0.25) is 0 Å². The lowest BCUT2D eigenvalue weighted by atomic mass is 10.2. The van der Waals surface area contributed by atoms with E-state index in [2.05, 4.69) is 10.3 Å². The second-order valence-corrected chi connectivity index (χ2v) is 7.79. The van der Waals surface area contributed by atoms with Crippen molar-refractivity contribution in [3.63, 3.8) is 0 Å². The zero-order valence-electron chi connectivity index (χ0n) is 14.3. The monoisotopic (exact) mass is 394 g/mol. The molecule has 0 aliphatic carbocycles. The zero-order chi connectivity index (χ0) is 18.7. The number of halogens is 1. The van der Waals surface area contributed by atoms with Gasteiger partial charge in [-0.15, -0.1) is 0 Å². The van der Waals surface area contributed by atoms with Crippen LogP contribution in [0.1, 0.15) is 5.56 Å². The minimum atomic E-state index is -0.412. The molecule has 138 valence electrons. The molecule has 0 aromatic heterocycles. The highest BCUT2D eigenvalue weighted by Gasteiger charge is 2.34. The molecule has 1 aromatic rings. The first kappa shape index (κ1) is 19.0. The van der Waals surface area contributed by atoms with E-state index in [9.17, 15) is 14.0 Å². The molecule has 0 radical (unpaired) electrons. The van der Waals surface area contributed by atoms with Crippen molar-refractivity contribution in [3.05, 3.63) is 40.6 Å². The molecule has 0 bridgehead atoms. The number of carbonyl (C=O) groups is 2.